The van der Waals surface area contributed by atoms with Gasteiger partial charge in [-0.1, -0.05) is 83.1 Å². The summed E-state index contributed by atoms with van der Waals surface area (Å²) in [7, 11) is 0. The first-order valence-electron chi connectivity index (χ1n) is 23.2. The number of ether oxygens (including phenoxy) is 12. The van der Waals surface area contributed by atoms with Gasteiger partial charge in [-0.15, -0.1) is 0 Å². The van der Waals surface area contributed by atoms with E-state index < -0.39 is 50.3 Å². The van der Waals surface area contributed by atoms with E-state index in [0.717, 1.165) is 0 Å². The van der Waals surface area contributed by atoms with Gasteiger partial charge in [0.2, 0.25) is 50.3 Å². The Hall–Kier alpha value is -4.40. The SMILES string of the molecule is CC(=O)O[C@H]1O[C@@H]2OC(=O)C[C@@H]2[C@@H]1C(C)(C)C.CC(=O)O[C@H]1O[C@@H]2OC(=O)C[C@@H]2[C@@H]1C(C)(C)C.CC(=O)O[C@H]1O[C@@H]2OC(=O)C[C@@H]2[C@@H]1C(C)(C)C.CC(=O)O[C@H]1O[C@@H]2OC(=O)C[C@@H]2[C@@H]1C(C)(C)C. The molecule has 8 fully saturated rings. The number of fused-ring (bicyclic) bond motifs is 4. The minimum atomic E-state index is -0.615. The first-order chi connectivity index (χ1) is 31.1. The molecule has 68 heavy (non-hydrogen) atoms. The Bertz CT molecular complexity index is 1650. The zero-order valence-corrected chi connectivity index (χ0v) is 42.2. The van der Waals surface area contributed by atoms with Crippen molar-refractivity contribution in [2.45, 2.75) is 187 Å². The van der Waals surface area contributed by atoms with Gasteiger partial charge in [-0.2, -0.15) is 0 Å². The molecule has 384 valence electrons. The van der Waals surface area contributed by atoms with E-state index in [1.54, 1.807) is 0 Å². The highest BCUT2D eigenvalue weighted by atomic mass is 16.8. The number of hydrogen-bond acceptors (Lipinski definition) is 20. The van der Waals surface area contributed by atoms with Gasteiger partial charge in [-0.05, 0) is 21.7 Å². The fourth-order valence-electron chi connectivity index (χ4n) is 10.8. The van der Waals surface area contributed by atoms with E-state index in [9.17, 15) is 38.4 Å². The lowest BCUT2D eigenvalue weighted by molar-refractivity contribution is -0.214. The predicted octanol–water partition coefficient (Wildman–Crippen LogP) is 5.83. The highest BCUT2D eigenvalue weighted by Crippen LogP contribution is 2.52. The molecule has 0 N–H and O–H groups in total. The van der Waals surface area contributed by atoms with Crippen LogP contribution in [0.5, 0.6) is 0 Å². The van der Waals surface area contributed by atoms with Crippen molar-refractivity contribution in [2.24, 2.45) is 69.0 Å². The Kier molecular flexibility index (Phi) is 16.5. The third kappa shape index (κ3) is 13.1. The highest BCUT2D eigenvalue weighted by molar-refractivity contribution is 5.74. The topological polar surface area (TPSA) is 247 Å². The summed E-state index contributed by atoms with van der Waals surface area (Å²) in [6.07, 6.45) is -3.35. The van der Waals surface area contributed by atoms with Gasteiger partial charge in [0, 0.05) is 75.0 Å². The van der Waals surface area contributed by atoms with E-state index in [4.69, 9.17) is 56.8 Å². The van der Waals surface area contributed by atoms with Crippen molar-refractivity contribution in [1.29, 1.82) is 0 Å². The van der Waals surface area contributed by atoms with E-state index in [0.29, 0.717) is 25.7 Å². The summed E-state index contributed by atoms with van der Waals surface area (Å²) in [6, 6.07) is 0. The average Bonchev–Trinajstić information content (AvgIpc) is 3.99. The molecule has 20 nitrogen and oxygen atoms in total. The molecule has 0 saturated carbocycles. The van der Waals surface area contributed by atoms with Gasteiger partial charge in [0.25, 0.3) is 0 Å². The molecule has 0 radical (unpaired) electrons. The first kappa shape index (κ1) is 54.5. The maximum atomic E-state index is 11.2. The number of esters is 8. The monoisotopic (exact) mass is 968 g/mol. The van der Waals surface area contributed by atoms with Crippen molar-refractivity contribution in [1.82, 2.24) is 0 Å². The van der Waals surface area contributed by atoms with Crippen molar-refractivity contribution in [3.05, 3.63) is 0 Å². The van der Waals surface area contributed by atoms with Crippen molar-refractivity contribution in [3.63, 3.8) is 0 Å². The largest absolute Gasteiger partial charge is 0.435 e. The lowest BCUT2D eigenvalue weighted by Gasteiger charge is -2.32. The van der Waals surface area contributed by atoms with Gasteiger partial charge in [-0.3, -0.25) is 38.4 Å². The zero-order valence-electron chi connectivity index (χ0n) is 42.2. The van der Waals surface area contributed by atoms with Gasteiger partial charge < -0.3 is 56.8 Å². The number of carbonyl (C=O) groups excluding carboxylic acids is 8. The summed E-state index contributed by atoms with van der Waals surface area (Å²) in [5.41, 5.74) is -0.470. The molecule has 20 heteroatoms. The summed E-state index contributed by atoms with van der Waals surface area (Å²) in [4.78, 5) is 89.2. The first-order valence-corrected chi connectivity index (χ1v) is 23.2. The van der Waals surface area contributed by atoms with Crippen LogP contribution in [0.2, 0.25) is 0 Å². The molecule has 0 unspecified atom stereocenters. The fourth-order valence-corrected chi connectivity index (χ4v) is 10.8. The zero-order chi connectivity index (χ0) is 51.2. The Balaban J connectivity index is 0.000000169. The molecule has 8 heterocycles. The average molecular weight is 969 g/mol. The van der Waals surface area contributed by atoms with E-state index in [2.05, 4.69) is 0 Å². The Morgan fingerprint density at radius 2 is 0.515 bits per heavy atom. The van der Waals surface area contributed by atoms with Crippen molar-refractivity contribution >= 4 is 47.8 Å². The second-order valence-corrected chi connectivity index (χ2v) is 22.9. The van der Waals surface area contributed by atoms with E-state index in [1.807, 2.05) is 83.1 Å². The fraction of sp³-hybridized carbons (Fsp3) is 0.833. The standard InChI is InChI=1S/4C12H18O5/c4*1-6(13)15-11-9(12(2,3)4)7-5-8(14)16-10(7)17-11/h4*7,9-11H,5H2,1-4H3/t4*7-,9+,10+,11+/m1111/s1. The van der Waals surface area contributed by atoms with Crippen LogP contribution < -0.4 is 0 Å². The third-order valence-electron chi connectivity index (χ3n) is 13.2. The maximum Gasteiger partial charge on any atom is 0.308 e. The quantitative estimate of drug-likeness (QED) is 0.237. The maximum absolute atomic E-state index is 11.2. The van der Waals surface area contributed by atoms with Crippen LogP contribution in [0.4, 0.5) is 0 Å². The summed E-state index contributed by atoms with van der Waals surface area (Å²) in [5, 5.41) is 0. The number of carbonyl (C=O) groups is 8. The molecule has 0 aliphatic carbocycles. The molecule has 8 aliphatic heterocycles. The van der Waals surface area contributed by atoms with Gasteiger partial charge in [0.1, 0.15) is 0 Å². The van der Waals surface area contributed by atoms with Crippen LogP contribution in [-0.4, -0.2) is 98.1 Å². The molecule has 0 aromatic carbocycles. The van der Waals surface area contributed by atoms with Crippen LogP contribution in [0.1, 0.15) is 136 Å². The molecule has 0 spiro atoms. The number of rotatable bonds is 4. The summed E-state index contributed by atoms with van der Waals surface area (Å²) in [5.74, 6) is -2.66. The molecule has 0 aromatic heterocycles. The highest BCUT2D eigenvalue weighted by Gasteiger charge is 2.60. The molecule has 0 amide bonds. The Labute approximate surface area is 398 Å². The summed E-state index contributed by atoms with van der Waals surface area (Å²) in [6.45, 7) is 29.9. The smallest absolute Gasteiger partial charge is 0.308 e. The minimum absolute atomic E-state index is 0.0214. The van der Waals surface area contributed by atoms with E-state index in [1.165, 1.54) is 27.7 Å². The lowest BCUT2D eigenvalue weighted by Crippen LogP contribution is -2.35. The lowest BCUT2D eigenvalue weighted by atomic mass is 9.73. The van der Waals surface area contributed by atoms with Crippen LogP contribution in [0, 0.1) is 69.0 Å². The van der Waals surface area contributed by atoms with Crippen molar-refractivity contribution < 1.29 is 95.2 Å². The van der Waals surface area contributed by atoms with Crippen molar-refractivity contribution in [3.8, 4) is 0 Å². The predicted molar refractivity (Wildman–Crippen MR) is 230 cm³/mol. The molecular formula is C48H72O20. The molecule has 0 bridgehead atoms. The molecule has 8 aliphatic rings. The van der Waals surface area contributed by atoms with E-state index >= 15 is 0 Å². The van der Waals surface area contributed by atoms with Crippen LogP contribution in [0.3, 0.4) is 0 Å². The molecule has 0 aromatic rings. The third-order valence-corrected chi connectivity index (χ3v) is 13.2. The molecule has 8 saturated heterocycles. The summed E-state index contributed by atoms with van der Waals surface area (Å²) >= 11 is 0. The second-order valence-electron chi connectivity index (χ2n) is 22.9. The minimum Gasteiger partial charge on any atom is -0.435 e. The Morgan fingerprint density at radius 1 is 0.353 bits per heavy atom. The van der Waals surface area contributed by atoms with Crippen molar-refractivity contribution in [2.75, 3.05) is 0 Å². The molecule has 8 rings (SSSR count). The second kappa shape index (κ2) is 20.5. The van der Waals surface area contributed by atoms with Crippen LogP contribution in [0.25, 0.3) is 0 Å². The summed E-state index contributed by atoms with van der Waals surface area (Å²) < 4.78 is 63.0. The van der Waals surface area contributed by atoms with Crippen LogP contribution >= 0.6 is 0 Å². The van der Waals surface area contributed by atoms with Gasteiger partial charge in [-0.25, -0.2) is 0 Å². The normalized spacial score (nSPS) is 36.6. The molecule has 16 atom stereocenters. The molecular weight excluding hydrogens is 897 g/mol. The van der Waals surface area contributed by atoms with E-state index in [-0.39, 0.29) is 117 Å². The van der Waals surface area contributed by atoms with Gasteiger partial charge >= 0.3 is 47.8 Å². The van der Waals surface area contributed by atoms with Gasteiger partial charge in [0.05, 0.1) is 25.7 Å². The van der Waals surface area contributed by atoms with Gasteiger partial charge in [0.15, 0.2) is 0 Å². The number of hydrogen-bond donors (Lipinski definition) is 0. The van der Waals surface area contributed by atoms with Crippen LogP contribution in [0.15, 0.2) is 0 Å². The Morgan fingerprint density at radius 3 is 0.647 bits per heavy atom. The van der Waals surface area contributed by atoms with Crippen LogP contribution in [-0.2, 0) is 95.2 Å².